The molecule has 0 amide bonds. The van der Waals surface area contributed by atoms with Crippen LogP contribution in [0.2, 0.25) is 0 Å². The molecule has 0 unspecified atom stereocenters. The van der Waals surface area contributed by atoms with E-state index in [2.05, 4.69) is 5.32 Å². The second-order valence-corrected chi connectivity index (χ2v) is 4.91. The largest absolute Gasteiger partial charge is 0.480 e. The molecule has 1 aromatic rings. The fourth-order valence-electron chi connectivity index (χ4n) is 2.45. The van der Waals surface area contributed by atoms with Crippen LogP contribution in [0.15, 0.2) is 30.3 Å². The number of rotatable bonds is 6. The van der Waals surface area contributed by atoms with Crippen LogP contribution in [-0.4, -0.2) is 30.3 Å². The summed E-state index contributed by atoms with van der Waals surface area (Å²) in [4.78, 5) is 11.1. The molecule has 0 atom stereocenters. The van der Waals surface area contributed by atoms with Gasteiger partial charge in [0, 0.05) is 0 Å². The lowest BCUT2D eigenvalue weighted by Gasteiger charge is -2.44. The van der Waals surface area contributed by atoms with Crippen LogP contribution in [0.25, 0.3) is 0 Å². The molecule has 18 heavy (non-hydrogen) atoms. The standard InChI is InChI=1S/C14H19NO3/c1-15-14(13(16)17)7-12(8-14)10-18-9-11-5-3-2-4-6-11/h2-6,12,15H,7-10H2,1H3,(H,16,17)/t12-,14+. The topological polar surface area (TPSA) is 58.6 Å². The van der Waals surface area contributed by atoms with Gasteiger partial charge in [-0.1, -0.05) is 30.3 Å². The van der Waals surface area contributed by atoms with Gasteiger partial charge in [0.2, 0.25) is 0 Å². The van der Waals surface area contributed by atoms with Crippen molar-refractivity contribution in [3.05, 3.63) is 35.9 Å². The summed E-state index contributed by atoms with van der Waals surface area (Å²) in [6.45, 7) is 1.22. The van der Waals surface area contributed by atoms with E-state index < -0.39 is 11.5 Å². The SMILES string of the molecule is CN[C@]1(C(=O)O)C[C@H](COCc2ccccc2)C1. The van der Waals surface area contributed by atoms with Gasteiger partial charge in [0.25, 0.3) is 0 Å². The number of carbonyl (C=O) groups is 1. The molecule has 1 fully saturated rings. The zero-order valence-corrected chi connectivity index (χ0v) is 10.6. The van der Waals surface area contributed by atoms with Crippen molar-refractivity contribution in [2.45, 2.75) is 25.0 Å². The van der Waals surface area contributed by atoms with Gasteiger partial charge in [0.05, 0.1) is 13.2 Å². The van der Waals surface area contributed by atoms with Crippen LogP contribution in [0, 0.1) is 5.92 Å². The predicted octanol–water partition coefficient (Wildman–Crippen LogP) is 1.66. The van der Waals surface area contributed by atoms with Gasteiger partial charge in [-0.3, -0.25) is 4.79 Å². The minimum Gasteiger partial charge on any atom is -0.480 e. The molecule has 98 valence electrons. The maximum atomic E-state index is 11.1. The van der Waals surface area contributed by atoms with Gasteiger partial charge in [-0.25, -0.2) is 0 Å². The number of aliphatic carboxylic acids is 1. The van der Waals surface area contributed by atoms with Crippen LogP contribution in [-0.2, 0) is 16.1 Å². The lowest BCUT2D eigenvalue weighted by molar-refractivity contribution is -0.152. The third-order valence-electron chi connectivity index (χ3n) is 3.63. The van der Waals surface area contributed by atoms with E-state index in [1.54, 1.807) is 7.05 Å². The van der Waals surface area contributed by atoms with Crippen molar-refractivity contribution in [1.82, 2.24) is 5.32 Å². The van der Waals surface area contributed by atoms with Crippen molar-refractivity contribution in [2.75, 3.05) is 13.7 Å². The number of nitrogens with one attached hydrogen (secondary N) is 1. The molecule has 4 heteroatoms. The molecule has 1 aromatic carbocycles. The Labute approximate surface area is 107 Å². The Hall–Kier alpha value is -1.39. The first-order chi connectivity index (χ1) is 8.66. The second kappa shape index (κ2) is 5.50. The van der Waals surface area contributed by atoms with Crippen molar-refractivity contribution < 1.29 is 14.6 Å². The maximum Gasteiger partial charge on any atom is 0.323 e. The van der Waals surface area contributed by atoms with Gasteiger partial charge in [0.15, 0.2) is 0 Å². The van der Waals surface area contributed by atoms with Crippen molar-refractivity contribution in [3.63, 3.8) is 0 Å². The summed E-state index contributed by atoms with van der Waals surface area (Å²) in [7, 11) is 1.70. The summed E-state index contributed by atoms with van der Waals surface area (Å²) in [5, 5.41) is 12.0. The van der Waals surface area contributed by atoms with Crippen LogP contribution >= 0.6 is 0 Å². The highest BCUT2D eigenvalue weighted by atomic mass is 16.5. The van der Waals surface area contributed by atoms with Gasteiger partial charge in [-0.15, -0.1) is 0 Å². The van der Waals surface area contributed by atoms with Gasteiger partial charge in [-0.05, 0) is 31.4 Å². The molecule has 1 saturated carbocycles. The number of carboxylic acids is 1. The van der Waals surface area contributed by atoms with Crippen molar-refractivity contribution >= 4 is 5.97 Å². The first-order valence-electron chi connectivity index (χ1n) is 6.20. The molecule has 0 saturated heterocycles. The van der Waals surface area contributed by atoms with Gasteiger partial charge < -0.3 is 15.2 Å². The van der Waals surface area contributed by atoms with Gasteiger partial charge >= 0.3 is 5.97 Å². The van der Waals surface area contributed by atoms with Gasteiger partial charge in [0.1, 0.15) is 5.54 Å². The number of carboxylic acid groups (broad SMARTS) is 1. The van der Waals surface area contributed by atoms with E-state index in [0.717, 1.165) is 5.56 Å². The second-order valence-electron chi connectivity index (χ2n) is 4.91. The molecule has 4 nitrogen and oxygen atoms in total. The molecular weight excluding hydrogens is 230 g/mol. The Morgan fingerprint density at radius 1 is 1.44 bits per heavy atom. The number of ether oxygens (including phenoxy) is 1. The average molecular weight is 249 g/mol. The Morgan fingerprint density at radius 2 is 2.11 bits per heavy atom. The molecule has 0 heterocycles. The summed E-state index contributed by atoms with van der Waals surface area (Å²) in [6, 6.07) is 9.99. The maximum absolute atomic E-state index is 11.1. The van der Waals surface area contributed by atoms with E-state index in [4.69, 9.17) is 9.84 Å². The first kappa shape index (κ1) is 13.1. The molecule has 0 radical (unpaired) electrons. The number of benzene rings is 1. The monoisotopic (exact) mass is 249 g/mol. The Balaban J connectivity index is 1.70. The quantitative estimate of drug-likeness (QED) is 0.805. The molecule has 1 aliphatic carbocycles. The van der Waals surface area contributed by atoms with Crippen LogP contribution in [0.1, 0.15) is 18.4 Å². The number of hydrogen-bond acceptors (Lipinski definition) is 3. The third-order valence-corrected chi connectivity index (χ3v) is 3.63. The van der Waals surface area contributed by atoms with Crippen LogP contribution < -0.4 is 5.32 Å². The van der Waals surface area contributed by atoms with Crippen LogP contribution in [0.3, 0.4) is 0 Å². The molecule has 0 aliphatic heterocycles. The molecule has 2 rings (SSSR count). The highest BCUT2D eigenvalue weighted by Crippen LogP contribution is 2.38. The van der Waals surface area contributed by atoms with E-state index in [-0.39, 0.29) is 0 Å². The highest BCUT2D eigenvalue weighted by Gasteiger charge is 2.49. The molecule has 0 spiro atoms. The van der Waals surface area contributed by atoms with E-state index in [0.29, 0.717) is 32.0 Å². The van der Waals surface area contributed by atoms with E-state index >= 15 is 0 Å². The third kappa shape index (κ3) is 2.71. The molecular formula is C14H19NO3. The van der Waals surface area contributed by atoms with Gasteiger partial charge in [-0.2, -0.15) is 0 Å². The Morgan fingerprint density at radius 3 is 2.67 bits per heavy atom. The van der Waals surface area contributed by atoms with Crippen LogP contribution in [0.4, 0.5) is 0 Å². The number of likely N-dealkylation sites (N-methyl/N-ethyl adjacent to an activating group) is 1. The molecule has 0 aromatic heterocycles. The summed E-state index contributed by atoms with van der Waals surface area (Å²) in [6.07, 6.45) is 1.29. The molecule has 0 bridgehead atoms. The number of hydrogen-bond donors (Lipinski definition) is 2. The average Bonchev–Trinajstić information content (AvgIpc) is 2.33. The van der Waals surface area contributed by atoms with Crippen molar-refractivity contribution in [3.8, 4) is 0 Å². The van der Waals surface area contributed by atoms with E-state index in [1.807, 2.05) is 30.3 Å². The minimum atomic E-state index is -0.760. The first-order valence-corrected chi connectivity index (χ1v) is 6.20. The lowest BCUT2D eigenvalue weighted by Crippen LogP contribution is -2.60. The smallest absolute Gasteiger partial charge is 0.323 e. The van der Waals surface area contributed by atoms with Crippen LogP contribution in [0.5, 0.6) is 0 Å². The zero-order chi connectivity index (χ0) is 13.0. The van der Waals surface area contributed by atoms with Crippen molar-refractivity contribution in [1.29, 1.82) is 0 Å². The lowest BCUT2D eigenvalue weighted by atomic mass is 9.68. The van der Waals surface area contributed by atoms with E-state index in [9.17, 15) is 4.79 Å². The van der Waals surface area contributed by atoms with E-state index in [1.165, 1.54) is 0 Å². The Bertz CT molecular complexity index is 399. The highest BCUT2D eigenvalue weighted by molar-refractivity contribution is 5.80. The zero-order valence-electron chi connectivity index (χ0n) is 10.6. The summed E-state index contributed by atoms with van der Waals surface area (Å²) >= 11 is 0. The molecule has 1 aliphatic rings. The predicted molar refractivity (Wildman–Crippen MR) is 68.2 cm³/mol. The fraction of sp³-hybridized carbons (Fsp3) is 0.500. The summed E-state index contributed by atoms with van der Waals surface area (Å²) in [5.41, 5.74) is 0.427. The summed E-state index contributed by atoms with van der Waals surface area (Å²) in [5.74, 6) is -0.415. The Kier molecular flexibility index (Phi) is 3.99. The minimum absolute atomic E-state index is 0.345. The normalized spacial score (nSPS) is 26.6. The summed E-state index contributed by atoms with van der Waals surface area (Å²) < 4.78 is 5.62. The fourth-order valence-corrected chi connectivity index (χ4v) is 2.45. The van der Waals surface area contributed by atoms with Crippen molar-refractivity contribution in [2.24, 2.45) is 5.92 Å². The molecule has 2 N–H and O–H groups in total.